The Hall–Kier alpha value is -0.120. The van der Waals surface area contributed by atoms with Crippen LogP contribution >= 0.6 is 0 Å². The van der Waals surface area contributed by atoms with Crippen molar-refractivity contribution in [3.8, 4) is 0 Å². The zero-order valence-corrected chi connectivity index (χ0v) is 12.4. The summed E-state index contributed by atoms with van der Waals surface area (Å²) in [5.74, 6) is 0.815. The van der Waals surface area contributed by atoms with Gasteiger partial charge in [0, 0.05) is 25.2 Å². The molecule has 1 heterocycles. The van der Waals surface area contributed by atoms with Gasteiger partial charge < -0.3 is 14.8 Å². The van der Waals surface area contributed by atoms with Gasteiger partial charge in [-0.15, -0.1) is 0 Å². The zero-order valence-electron chi connectivity index (χ0n) is 12.4. The quantitative estimate of drug-likeness (QED) is 0.791. The van der Waals surface area contributed by atoms with Crippen LogP contribution in [0.25, 0.3) is 0 Å². The Bertz CT molecular complexity index is 270. The maximum absolute atomic E-state index is 6.03. The molecule has 2 aliphatic rings. The molecule has 3 heteroatoms. The first kappa shape index (κ1) is 14.3. The highest BCUT2D eigenvalue weighted by molar-refractivity contribution is 5.00. The first-order chi connectivity index (χ1) is 8.47. The molecule has 2 rings (SSSR count). The standard InChI is InChI=1S/C15H29NO2/c1-14(2,3)18-10-8-15(11-16-4)7-9-17-13(15)12-5-6-12/h12-13,16H,5-11H2,1-4H3. The summed E-state index contributed by atoms with van der Waals surface area (Å²) in [6.07, 6.45) is 5.48. The van der Waals surface area contributed by atoms with Crippen molar-refractivity contribution in [1.29, 1.82) is 0 Å². The molecule has 18 heavy (non-hydrogen) atoms. The van der Waals surface area contributed by atoms with E-state index in [0.29, 0.717) is 11.5 Å². The molecule has 2 fully saturated rings. The smallest absolute Gasteiger partial charge is 0.0673 e. The molecule has 1 saturated heterocycles. The lowest BCUT2D eigenvalue weighted by Crippen LogP contribution is -2.42. The maximum Gasteiger partial charge on any atom is 0.0673 e. The summed E-state index contributed by atoms with van der Waals surface area (Å²) < 4.78 is 12.0. The second-order valence-electron chi connectivity index (χ2n) is 6.98. The van der Waals surface area contributed by atoms with E-state index in [9.17, 15) is 0 Å². The molecule has 0 aromatic rings. The molecule has 0 amide bonds. The van der Waals surface area contributed by atoms with E-state index >= 15 is 0 Å². The van der Waals surface area contributed by atoms with E-state index < -0.39 is 0 Å². The molecule has 2 atom stereocenters. The summed E-state index contributed by atoms with van der Waals surface area (Å²) in [7, 11) is 2.05. The molecular formula is C15H29NO2. The molecule has 1 N–H and O–H groups in total. The molecule has 0 radical (unpaired) electrons. The van der Waals surface area contributed by atoms with Gasteiger partial charge in [0.25, 0.3) is 0 Å². The summed E-state index contributed by atoms with van der Waals surface area (Å²) in [5.41, 5.74) is 0.274. The predicted molar refractivity (Wildman–Crippen MR) is 73.8 cm³/mol. The zero-order chi connectivity index (χ0) is 13.2. The van der Waals surface area contributed by atoms with Crippen LogP contribution in [-0.2, 0) is 9.47 Å². The Kier molecular flexibility index (Phi) is 4.35. The number of hydrogen-bond donors (Lipinski definition) is 1. The van der Waals surface area contributed by atoms with Crippen LogP contribution < -0.4 is 5.32 Å². The maximum atomic E-state index is 6.03. The monoisotopic (exact) mass is 255 g/mol. The molecule has 106 valence electrons. The van der Waals surface area contributed by atoms with Gasteiger partial charge in [-0.3, -0.25) is 0 Å². The van der Waals surface area contributed by atoms with Crippen molar-refractivity contribution in [1.82, 2.24) is 5.32 Å². The van der Waals surface area contributed by atoms with E-state index in [1.54, 1.807) is 0 Å². The molecule has 1 aliphatic carbocycles. The summed E-state index contributed by atoms with van der Waals surface area (Å²) in [6, 6.07) is 0. The third-order valence-electron chi connectivity index (χ3n) is 4.21. The fraction of sp³-hybridized carbons (Fsp3) is 1.00. The molecule has 0 aromatic carbocycles. The summed E-state index contributed by atoms with van der Waals surface area (Å²) in [6.45, 7) is 9.21. The van der Waals surface area contributed by atoms with Gasteiger partial charge in [-0.2, -0.15) is 0 Å². The molecule has 1 saturated carbocycles. The van der Waals surface area contributed by atoms with E-state index in [-0.39, 0.29) is 5.60 Å². The average Bonchev–Trinajstić information content (AvgIpc) is 3.01. The summed E-state index contributed by atoms with van der Waals surface area (Å²) >= 11 is 0. The first-order valence-corrected chi connectivity index (χ1v) is 7.37. The van der Waals surface area contributed by atoms with Crippen LogP contribution in [-0.4, -0.2) is 38.5 Å². The lowest BCUT2D eigenvalue weighted by molar-refractivity contribution is -0.0362. The van der Waals surface area contributed by atoms with Gasteiger partial charge in [0.2, 0.25) is 0 Å². The van der Waals surface area contributed by atoms with Gasteiger partial charge in [-0.25, -0.2) is 0 Å². The predicted octanol–water partition coefficient (Wildman–Crippen LogP) is 2.60. The van der Waals surface area contributed by atoms with Crippen LogP contribution in [0.4, 0.5) is 0 Å². The highest BCUT2D eigenvalue weighted by Gasteiger charge is 2.50. The second-order valence-corrected chi connectivity index (χ2v) is 6.98. The average molecular weight is 255 g/mol. The van der Waals surface area contributed by atoms with Gasteiger partial charge in [0.1, 0.15) is 0 Å². The van der Waals surface area contributed by atoms with Crippen molar-refractivity contribution < 1.29 is 9.47 Å². The van der Waals surface area contributed by atoms with Gasteiger partial charge in [0.05, 0.1) is 11.7 Å². The fourth-order valence-corrected chi connectivity index (χ4v) is 3.20. The third-order valence-corrected chi connectivity index (χ3v) is 4.21. The highest BCUT2D eigenvalue weighted by atomic mass is 16.5. The lowest BCUT2D eigenvalue weighted by atomic mass is 9.76. The third kappa shape index (κ3) is 3.46. The number of ether oxygens (including phenoxy) is 2. The molecule has 2 unspecified atom stereocenters. The van der Waals surface area contributed by atoms with Crippen molar-refractivity contribution in [3.05, 3.63) is 0 Å². The minimum Gasteiger partial charge on any atom is -0.377 e. The van der Waals surface area contributed by atoms with E-state index in [2.05, 4.69) is 33.1 Å². The molecule has 0 aromatic heterocycles. The Morgan fingerprint density at radius 3 is 2.61 bits per heavy atom. The Morgan fingerprint density at radius 1 is 1.33 bits per heavy atom. The van der Waals surface area contributed by atoms with Crippen molar-refractivity contribution >= 4 is 0 Å². The van der Waals surface area contributed by atoms with Gasteiger partial charge in [0.15, 0.2) is 0 Å². The largest absolute Gasteiger partial charge is 0.377 e. The minimum atomic E-state index is -0.0324. The van der Waals surface area contributed by atoms with Crippen LogP contribution in [0, 0.1) is 11.3 Å². The topological polar surface area (TPSA) is 30.5 Å². The summed E-state index contributed by atoms with van der Waals surface area (Å²) in [5, 5.41) is 3.38. The van der Waals surface area contributed by atoms with Crippen molar-refractivity contribution in [2.24, 2.45) is 11.3 Å². The SMILES string of the molecule is CNCC1(CCOC(C)(C)C)CCOC1C1CC1. The molecule has 0 bridgehead atoms. The second kappa shape index (κ2) is 5.48. The van der Waals surface area contributed by atoms with Crippen molar-refractivity contribution in [3.63, 3.8) is 0 Å². The fourth-order valence-electron chi connectivity index (χ4n) is 3.20. The van der Waals surface area contributed by atoms with E-state index in [1.165, 1.54) is 19.3 Å². The summed E-state index contributed by atoms with van der Waals surface area (Å²) in [4.78, 5) is 0. The molecule has 0 spiro atoms. The van der Waals surface area contributed by atoms with Crippen molar-refractivity contribution in [2.75, 3.05) is 26.8 Å². The van der Waals surface area contributed by atoms with Crippen LogP contribution in [0.2, 0.25) is 0 Å². The van der Waals surface area contributed by atoms with E-state index in [4.69, 9.17) is 9.47 Å². The molecule has 1 aliphatic heterocycles. The van der Waals surface area contributed by atoms with Crippen LogP contribution in [0.1, 0.15) is 46.5 Å². The van der Waals surface area contributed by atoms with Crippen LogP contribution in [0.15, 0.2) is 0 Å². The number of hydrogen-bond acceptors (Lipinski definition) is 3. The van der Waals surface area contributed by atoms with E-state index in [1.807, 2.05) is 0 Å². The highest BCUT2D eigenvalue weighted by Crippen LogP contribution is 2.49. The Morgan fingerprint density at radius 2 is 2.06 bits per heavy atom. The van der Waals surface area contributed by atoms with Gasteiger partial charge >= 0.3 is 0 Å². The van der Waals surface area contributed by atoms with Crippen LogP contribution in [0.5, 0.6) is 0 Å². The number of rotatable bonds is 6. The number of nitrogens with one attached hydrogen (secondary N) is 1. The molecule has 3 nitrogen and oxygen atoms in total. The Labute approximate surface area is 112 Å². The van der Waals surface area contributed by atoms with Gasteiger partial charge in [-0.1, -0.05) is 0 Å². The normalized spacial score (nSPS) is 33.0. The van der Waals surface area contributed by atoms with E-state index in [0.717, 1.165) is 32.1 Å². The Balaban J connectivity index is 1.93. The lowest BCUT2D eigenvalue weighted by Gasteiger charge is -2.35. The first-order valence-electron chi connectivity index (χ1n) is 7.37. The van der Waals surface area contributed by atoms with Crippen LogP contribution in [0.3, 0.4) is 0 Å². The van der Waals surface area contributed by atoms with Crippen molar-refractivity contribution in [2.45, 2.75) is 58.2 Å². The molecular weight excluding hydrogens is 226 g/mol. The van der Waals surface area contributed by atoms with Gasteiger partial charge in [-0.05, 0) is 59.4 Å². The minimum absolute atomic E-state index is 0.0324.